The maximum atomic E-state index is 12.6. The molecule has 0 spiro atoms. The molecule has 0 fully saturated rings. The van der Waals surface area contributed by atoms with Crippen molar-refractivity contribution in [3.8, 4) is 5.69 Å². The van der Waals surface area contributed by atoms with Gasteiger partial charge in [0.15, 0.2) is 0 Å². The molecule has 2 aromatic heterocycles. The maximum absolute atomic E-state index is 12.6. The van der Waals surface area contributed by atoms with Crippen molar-refractivity contribution in [1.82, 2.24) is 29.9 Å². The van der Waals surface area contributed by atoms with Crippen molar-refractivity contribution < 1.29 is 4.79 Å². The predicted molar refractivity (Wildman–Crippen MR) is 110 cm³/mol. The largest absolute Gasteiger partial charge is 0.348 e. The molecule has 4 rings (SSSR count). The van der Waals surface area contributed by atoms with Crippen LogP contribution in [0.4, 0.5) is 0 Å². The first-order chi connectivity index (χ1) is 14.1. The van der Waals surface area contributed by atoms with E-state index in [0.29, 0.717) is 18.7 Å². The summed E-state index contributed by atoms with van der Waals surface area (Å²) in [6.07, 6.45) is 3.09. The molecule has 0 unspecified atom stereocenters. The van der Waals surface area contributed by atoms with Crippen molar-refractivity contribution in [3.63, 3.8) is 0 Å². The molecular formula is C22H22N6O. The van der Waals surface area contributed by atoms with Crippen molar-refractivity contribution in [2.75, 3.05) is 0 Å². The highest BCUT2D eigenvalue weighted by atomic mass is 16.1. The molecule has 0 aliphatic rings. The monoisotopic (exact) mass is 386 g/mol. The van der Waals surface area contributed by atoms with Crippen LogP contribution in [-0.2, 0) is 13.1 Å². The zero-order valence-electron chi connectivity index (χ0n) is 16.4. The van der Waals surface area contributed by atoms with Crippen LogP contribution in [0.15, 0.2) is 67.3 Å². The van der Waals surface area contributed by atoms with Gasteiger partial charge >= 0.3 is 0 Å². The van der Waals surface area contributed by atoms with Gasteiger partial charge in [0.1, 0.15) is 12.7 Å². The number of benzene rings is 2. The molecule has 146 valence electrons. The highest BCUT2D eigenvalue weighted by molar-refractivity contribution is 5.94. The molecule has 1 N–H and O–H groups in total. The van der Waals surface area contributed by atoms with E-state index in [1.165, 1.54) is 11.9 Å². The van der Waals surface area contributed by atoms with Crippen LogP contribution in [0.1, 0.15) is 32.9 Å². The smallest absolute Gasteiger partial charge is 0.251 e. The Morgan fingerprint density at radius 3 is 2.48 bits per heavy atom. The number of hydrogen-bond donors (Lipinski definition) is 1. The molecule has 0 aliphatic carbocycles. The number of amides is 1. The second-order valence-electron chi connectivity index (χ2n) is 6.86. The molecule has 4 aromatic rings. The van der Waals surface area contributed by atoms with Gasteiger partial charge in [-0.15, -0.1) is 0 Å². The lowest BCUT2D eigenvalue weighted by Gasteiger charge is -2.08. The standard InChI is InChI=1S/C22H22N6O/c1-16-21(17(2)27(26-16)13-18-6-4-3-5-7-18)12-24-22(29)19-8-10-20(11-9-19)28-15-23-14-25-28/h3-11,14-15H,12-13H2,1-2H3,(H,24,29). The summed E-state index contributed by atoms with van der Waals surface area (Å²) in [6, 6.07) is 17.5. The van der Waals surface area contributed by atoms with Crippen LogP contribution in [0.25, 0.3) is 5.69 Å². The van der Waals surface area contributed by atoms with Crippen LogP contribution in [0.2, 0.25) is 0 Å². The Labute approximate surface area is 169 Å². The van der Waals surface area contributed by atoms with Crippen LogP contribution in [0.5, 0.6) is 0 Å². The Morgan fingerprint density at radius 2 is 1.79 bits per heavy atom. The summed E-state index contributed by atoms with van der Waals surface area (Å²) in [6.45, 7) is 5.17. The number of hydrogen-bond acceptors (Lipinski definition) is 4. The normalized spacial score (nSPS) is 10.8. The average molecular weight is 386 g/mol. The molecule has 0 saturated heterocycles. The van der Waals surface area contributed by atoms with Gasteiger partial charge in [-0.1, -0.05) is 30.3 Å². The molecule has 29 heavy (non-hydrogen) atoms. The van der Waals surface area contributed by atoms with Crippen LogP contribution in [0.3, 0.4) is 0 Å². The van der Waals surface area contributed by atoms with E-state index in [1.54, 1.807) is 23.1 Å². The molecule has 0 bridgehead atoms. The lowest BCUT2D eigenvalue weighted by Crippen LogP contribution is -2.23. The molecule has 2 aromatic carbocycles. The number of aromatic nitrogens is 5. The third kappa shape index (κ3) is 4.08. The summed E-state index contributed by atoms with van der Waals surface area (Å²) in [5.74, 6) is -0.121. The van der Waals surface area contributed by atoms with Gasteiger partial charge in [0.25, 0.3) is 5.91 Å². The van der Waals surface area contributed by atoms with E-state index in [2.05, 4.69) is 32.6 Å². The Morgan fingerprint density at radius 1 is 1.03 bits per heavy atom. The predicted octanol–water partition coefficient (Wildman–Crippen LogP) is 3.06. The third-order valence-electron chi connectivity index (χ3n) is 4.95. The Hall–Kier alpha value is -3.74. The van der Waals surface area contributed by atoms with Gasteiger partial charge in [-0.25, -0.2) is 9.67 Å². The van der Waals surface area contributed by atoms with Gasteiger partial charge in [0, 0.05) is 23.4 Å². The molecule has 0 aliphatic heterocycles. The molecule has 1 amide bonds. The number of carbonyl (C=O) groups is 1. The van der Waals surface area contributed by atoms with E-state index >= 15 is 0 Å². The highest BCUT2D eigenvalue weighted by Crippen LogP contribution is 2.15. The maximum Gasteiger partial charge on any atom is 0.251 e. The summed E-state index contributed by atoms with van der Waals surface area (Å²) in [5.41, 5.74) is 5.69. The van der Waals surface area contributed by atoms with Crippen LogP contribution >= 0.6 is 0 Å². The Bertz CT molecular complexity index is 1100. The Balaban J connectivity index is 1.43. The minimum absolute atomic E-state index is 0.121. The topological polar surface area (TPSA) is 77.6 Å². The first kappa shape index (κ1) is 18.6. The van der Waals surface area contributed by atoms with Crippen molar-refractivity contribution in [2.45, 2.75) is 26.9 Å². The SMILES string of the molecule is Cc1nn(Cc2ccccc2)c(C)c1CNC(=O)c1ccc(-n2cncn2)cc1. The number of nitrogens with zero attached hydrogens (tertiary/aromatic N) is 5. The summed E-state index contributed by atoms with van der Waals surface area (Å²) < 4.78 is 3.63. The number of aryl methyl sites for hydroxylation is 1. The molecular weight excluding hydrogens is 364 g/mol. The van der Waals surface area contributed by atoms with Crippen LogP contribution < -0.4 is 5.32 Å². The lowest BCUT2D eigenvalue weighted by molar-refractivity contribution is 0.0951. The molecule has 7 nitrogen and oxygen atoms in total. The van der Waals surface area contributed by atoms with E-state index in [0.717, 1.165) is 22.6 Å². The zero-order valence-corrected chi connectivity index (χ0v) is 16.4. The third-order valence-corrected chi connectivity index (χ3v) is 4.95. The summed E-state index contributed by atoms with van der Waals surface area (Å²) in [5, 5.41) is 11.7. The zero-order chi connectivity index (χ0) is 20.2. The highest BCUT2D eigenvalue weighted by Gasteiger charge is 2.14. The lowest BCUT2D eigenvalue weighted by atomic mass is 10.1. The van der Waals surface area contributed by atoms with E-state index in [-0.39, 0.29) is 5.91 Å². The number of carbonyl (C=O) groups excluding carboxylic acids is 1. The summed E-state index contributed by atoms with van der Waals surface area (Å²) in [7, 11) is 0. The quantitative estimate of drug-likeness (QED) is 0.552. The van der Waals surface area contributed by atoms with Crippen LogP contribution in [0, 0.1) is 13.8 Å². The summed E-state index contributed by atoms with van der Waals surface area (Å²) >= 11 is 0. The summed E-state index contributed by atoms with van der Waals surface area (Å²) in [4.78, 5) is 16.5. The minimum atomic E-state index is -0.121. The molecule has 2 heterocycles. The molecule has 0 atom stereocenters. The second kappa shape index (κ2) is 8.10. The first-order valence-electron chi connectivity index (χ1n) is 9.42. The van der Waals surface area contributed by atoms with Crippen molar-refractivity contribution in [3.05, 3.63) is 95.3 Å². The van der Waals surface area contributed by atoms with Gasteiger partial charge < -0.3 is 5.32 Å². The first-order valence-corrected chi connectivity index (χ1v) is 9.42. The number of rotatable bonds is 6. The molecule has 0 radical (unpaired) electrons. The second-order valence-corrected chi connectivity index (χ2v) is 6.86. The van der Waals surface area contributed by atoms with Crippen molar-refractivity contribution >= 4 is 5.91 Å². The van der Waals surface area contributed by atoms with Gasteiger partial charge in [0.05, 0.1) is 17.9 Å². The van der Waals surface area contributed by atoms with Crippen molar-refractivity contribution in [1.29, 1.82) is 0 Å². The fourth-order valence-electron chi connectivity index (χ4n) is 3.28. The van der Waals surface area contributed by atoms with Crippen molar-refractivity contribution in [2.24, 2.45) is 0 Å². The van der Waals surface area contributed by atoms with E-state index in [9.17, 15) is 4.79 Å². The van der Waals surface area contributed by atoms with Gasteiger partial charge in [-0.05, 0) is 43.7 Å². The minimum Gasteiger partial charge on any atom is -0.348 e. The average Bonchev–Trinajstić information content (AvgIpc) is 3.37. The molecule has 7 heteroatoms. The fraction of sp³-hybridized carbons (Fsp3) is 0.182. The van der Waals surface area contributed by atoms with Gasteiger partial charge in [-0.3, -0.25) is 9.48 Å². The van der Waals surface area contributed by atoms with Gasteiger partial charge in [-0.2, -0.15) is 10.2 Å². The molecule has 0 saturated carbocycles. The fourth-order valence-corrected chi connectivity index (χ4v) is 3.28. The van der Waals surface area contributed by atoms with E-state index in [1.807, 2.05) is 48.9 Å². The van der Waals surface area contributed by atoms with Crippen LogP contribution in [-0.4, -0.2) is 30.5 Å². The van der Waals surface area contributed by atoms with E-state index in [4.69, 9.17) is 0 Å². The Kier molecular flexibility index (Phi) is 5.20. The van der Waals surface area contributed by atoms with E-state index < -0.39 is 0 Å². The van der Waals surface area contributed by atoms with Gasteiger partial charge in [0.2, 0.25) is 0 Å². The number of nitrogens with one attached hydrogen (secondary N) is 1.